The minimum Gasteiger partial charge on any atom is -0.369 e. The molecular formula is C19H22FN3OS. The third-order valence-electron chi connectivity index (χ3n) is 5.12. The number of carbonyl (C=O) groups is 1. The van der Waals surface area contributed by atoms with Crippen LogP contribution in [0.15, 0.2) is 36.4 Å². The van der Waals surface area contributed by atoms with E-state index in [0.717, 1.165) is 49.8 Å². The number of likely N-dealkylation sites (tertiary alicyclic amines) is 1. The van der Waals surface area contributed by atoms with Crippen molar-refractivity contribution in [2.24, 2.45) is 0 Å². The van der Waals surface area contributed by atoms with E-state index in [2.05, 4.69) is 9.80 Å². The Labute approximate surface area is 151 Å². The molecule has 1 aromatic carbocycles. The van der Waals surface area contributed by atoms with E-state index in [1.165, 1.54) is 17.0 Å². The van der Waals surface area contributed by atoms with Gasteiger partial charge in [-0.3, -0.25) is 9.69 Å². The van der Waals surface area contributed by atoms with Crippen LogP contribution in [0, 0.1) is 12.7 Å². The predicted molar refractivity (Wildman–Crippen MR) is 98.9 cm³/mol. The highest BCUT2D eigenvalue weighted by Gasteiger charge is 2.36. The average molecular weight is 359 g/mol. The number of benzene rings is 1. The number of thiophene rings is 1. The molecule has 1 aromatic heterocycles. The van der Waals surface area contributed by atoms with Gasteiger partial charge in [0.15, 0.2) is 0 Å². The van der Waals surface area contributed by atoms with Gasteiger partial charge in [-0.1, -0.05) is 0 Å². The topological polar surface area (TPSA) is 26.8 Å². The molecule has 0 unspecified atom stereocenters. The molecule has 4 nitrogen and oxygen atoms in total. The molecule has 2 aromatic rings. The third-order valence-corrected chi connectivity index (χ3v) is 6.11. The van der Waals surface area contributed by atoms with Crippen LogP contribution in [0.25, 0.3) is 0 Å². The van der Waals surface area contributed by atoms with Gasteiger partial charge in [0.2, 0.25) is 0 Å². The van der Waals surface area contributed by atoms with Crippen molar-refractivity contribution in [1.29, 1.82) is 0 Å². The van der Waals surface area contributed by atoms with Gasteiger partial charge in [0.25, 0.3) is 5.91 Å². The number of anilines is 1. The summed E-state index contributed by atoms with van der Waals surface area (Å²) in [6.45, 7) is 7.55. The summed E-state index contributed by atoms with van der Waals surface area (Å²) in [6, 6.07) is 11.1. The van der Waals surface area contributed by atoms with Gasteiger partial charge in [0.05, 0.1) is 4.88 Å². The van der Waals surface area contributed by atoms with E-state index < -0.39 is 0 Å². The summed E-state index contributed by atoms with van der Waals surface area (Å²) in [5.41, 5.74) is 1.08. The van der Waals surface area contributed by atoms with Crippen LogP contribution >= 0.6 is 11.3 Å². The molecule has 3 heterocycles. The number of hydrogen-bond acceptors (Lipinski definition) is 4. The Morgan fingerprint density at radius 3 is 2.32 bits per heavy atom. The lowest BCUT2D eigenvalue weighted by atomic mass is 10.1. The Hall–Kier alpha value is -1.92. The van der Waals surface area contributed by atoms with Crippen molar-refractivity contribution in [2.45, 2.75) is 13.0 Å². The molecule has 6 heteroatoms. The van der Waals surface area contributed by atoms with Crippen molar-refractivity contribution >= 4 is 22.9 Å². The number of nitrogens with zero attached hydrogens (tertiary/aromatic N) is 3. The standard InChI is InChI=1S/C19H22FN3OS/c1-14-2-7-18(25-14)19(24)23-12-17(13-23)22-10-8-21(9-11-22)16-5-3-15(20)4-6-16/h2-7,17H,8-13H2,1H3. The molecule has 2 aliphatic heterocycles. The first-order valence-electron chi connectivity index (χ1n) is 8.70. The fraction of sp³-hybridized carbons (Fsp3) is 0.421. The Morgan fingerprint density at radius 1 is 1.04 bits per heavy atom. The maximum Gasteiger partial charge on any atom is 0.264 e. The predicted octanol–water partition coefficient (Wildman–Crippen LogP) is 2.84. The largest absolute Gasteiger partial charge is 0.369 e. The lowest BCUT2D eigenvalue weighted by Gasteiger charge is -2.48. The molecule has 0 radical (unpaired) electrons. The van der Waals surface area contributed by atoms with Gasteiger partial charge >= 0.3 is 0 Å². The van der Waals surface area contributed by atoms with Crippen molar-refractivity contribution < 1.29 is 9.18 Å². The highest BCUT2D eigenvalue weighted by Crippen LogP contribution is 2.24. The molecule has 1 amide bonds. The van der Waals surface area contributed by atoms with Gasteiger partial charge in [-0.25, -0.2) is 4.39 Å². The van der Waals surface area contributed by atoms with E-state index in [0.29, 0.717) is 6.04 Å². The lowest BCUT2D eigenvalue weighted by molar-refractivity contribution is 0.0250. The summed E-state index contributed by atoms with van der Waals surface area (Å²) in [5.74, 6) is -0.0261. The van der Waals surface area contributed by atoms with E-state index in [-0.39, 0.29) is 11.7 Å². The second-order valence-electron chi connectivity index (χ2n) is 6.77. The molecule has 2 aliphatic rings. The molecule has 0 bridgehead atoms. The summed E-state index contributed by atoms with van der Waals surface area (Å²) < 4.78 is 13.0. The monoisotopic (exact) mass is 359 g/mol. The van der Waals surface area contributed by atoms with Gasteiger partial charge in [0, 0.05) is 55.9 Å². The minimum absolute atomic E-state index is 0.166. The molecule has 0 saturated carbocycles. The first-order chi connectivity index (χ1) is 12.1. The summed E-state index contributed by atoms with van der Waals surface area (Å²) in [7, 11) is 0. The number of amides is 1. The maximum atomic E-state index is 13.0. The molecule has 0 N–H and O–H groups in total. The van der Waals surface area contributed by atoms with Crippen LogP contribution in [0.4, 0.5) is 10.1 Å². The first kappa shape index (κ1) is 16.5. The van der Waals surface area contributed by atoms with Gasteiger partial charge in [-0.15, -0.1) is 11.3 Å². The Bertz CT molecular complexity index is 746. The number of rotatable bonds is 3. The zero-order valence-electron chi connectivity index (χ0n) is 14.3. The number of aryl methyl sites for hydroxylation is 1. The third kappa shape index (κ3) is 3.41. The smallest absolute Gasteiger partial charge is 0.264 e. The Balaban J connectivity index is 1.27. The molecule has 132 valence electrons. The maximum absolute atomic E-state index is 13.0. The van der Waals surface area contributed by atoms with Crippen LogP contribution in [0.3, 0.4) is 0 Å². The zero-order chi connectivity index (χ0) is 17.4. The summed E-state index contributed by atoms with van der Waals surface area (Å²) in [5, 5.41) is 0. The number of hydrogen-bond donors (Lipinski definition) is 0. The van der Waals surface area contributed by atoms with E-state index in [1.54, 1.807) is 11.3 Å². The van der Waals surface area contributed by atoms with Crippen molar-refractivity contribution in [1.82, 2.24) is 9.80 Å². The average Bonchev–Trinajstić information content (AvgIpc) is 3.01. The van der Waals surface area contributed by atoms with Crippen LogP contribution in [-0.4, -0.2) is 61.0 Å². The van der Waals surface area contributed by atoms with Crippen molar-refractivity contribution in [3.8, 4) is 0 Å². The van der Waals surface area contributed by atoms with Crippen LogP contribution in [0.2, 0.25) is 0 Å². The van der Waals surface area contributed by atoms with E-state index in [9.17, 15) is 9.18 Å². The van der Waals surface area contributed by atoms with Gasteiger partial charge < -0.3 is 9.80 Å². The number of carbonyl (C=O) groups excluding carboxylic acids is 1. The quantitative estimate of drug-likeness (QED) is 0.843. The summed E-state index contributed by atoms with van der Waals surface area (Å²) >= 11 is 1.57. The second-order valence-corrected chi connectivity index (χ2v) is 8.06. The number of halogens is 1. The van der Waals surface area contributed by atoms with Crippen LogP contribution < -0.4 is 4.90 Å². The van der Waals surface area contributed by atoms with Crippen LogP contribution in [0.5, 0.6) is 0 Å². The fourth-order valence-electron chi connectivity index (χ4n) is 3.55. The fourth-order valence-corrected chi connectivity index (χ4v) is 4.39. The van der Waals surface area contributed by atoms with Crippen molar-refractivity contribution in [3.63, 3.8) is 0 Å². The Morgan fingerprint density at radius 2 is 1.72 bits per heavy atom. The minimum atomic E-state index is -0.192. The summed E-state index contributed by atoms with van der Waals surface area (Å²) in [4.78, 5) is 21.2. The van der Waals surface area contributed by atoms with E-state index >= 15 is 0 Å². The lowest BCUT2D eigenvalue weighted by Crippen LogP contribution is -2.64. The van der Waals surface area contributed by atoms with Gasteiger partial charge in [-0.05, 0) is 43.3 Å². The molecule has 25 heavy (non-hydrogen) atoms. The molecule has 0 atom stereocenters. The van der Waals surface area contributed by atoms with Crippen LogP contribution in [0.1, 0.15) is 14.5 Å². The van der Waals surface area contributed by atoms with Gasteiger partial charge in [0.1, 0.15) is 5.82 Å². The number of piperazine rings is 1. The molecule has 0 spiro atoms. The highest BCUT2D eigenvalue weighted by atomic mass is 32.1. The van der Waals surface area contributed by atoms with Crippen LogP contribution in [-0.2, 0) is 0 Å². The molecule has 4 rings (SSSR count). The molecular weight excluding hydrogens is 337 g/mol. The van der Waals surface area contributed by atoms with Crippen molar-refractivity contribution in [3.05, 3.63) is 52.0 Å². The van der Waals surface area contributed by atoms with Gasteiger partial charge in [-0.2, -0.15) is 0 Å². The first-order valence-corrected chi connectivity index (χ1v) is 9.52. The molecule has 2 fully saturated rings. The van der Waals surface area contributed by atoms with E-state index in [1.807, 2.05) is 36.1 Å². The highest BCUT2D eigenvalue weighted by molar-refractivity contribution is 7.13. The van der Waals surface area contributed by atoms with Crippen molar-refractivity contribution in [2.75, 3.05) is 44.2 Å². The normalized spacial score (nSPS) is 19.1. The SMILES string of the molecule is Cc1ccc(C(=O)N2CC(N3CCN(c4ccc(F)cc4)CC3)C2)s1. The Kier molecular flexibility index (Phi) is 4.48. The molecule has 2 saturated heterocycles. The zero-order valence-corrected chi connectivity index (χ0v) is 15.1. The molecule has 0 aliphatic carbocycles. The summed E-state index contributed by atoms with van der Waals surface area (Å²) in [6.07, 6.45) is 0. The van der Waals surface area contributed by atoms with E-state index in [4.69, 9.17) is 0 Å². The second kappa shape index (κ2) is 6.77.